The Kier molecular flexibility index (Phi) is 6.96. The Morgan fingerprint density at radius 2 is 1.64 bits per heavy atom. The first-order valence-electron chi connectivity index (χ1n) is 11.6. The molecule has 2 aromatic carbocycles. The first-order valence-corrected chi connectivity index (χ1v) is 11.6. The molecule has 33 heavy (non-hydrogen) atoms. The first-order chi connectivity index (χ1) is 16.0. The van der Waals surface area contributed by atoms with Crippen LogP contribution in [0, 0.1) is 11.8 Å². The topological polar surface area (TPSA) is 105 Å². The van der Waals surface area contributed by atoms with Crippen LogP contribution in [0.2, 0.25) is 0 Å². The SMILES string of the molecule is CCCC(CNC(=O)C1CC(NC(=O)OCC2c3ccccc3-c3ccccc32)C1)C(=O)O. The van der Waals surface area contributed by atoms with Gasteiger partial charge in [-0.25, -0.2) is 4.79 Å². The van der Waals surface area contributed by atoms with Crippen molar-refractivity contribution in [2.75, 3.05) is 13.2 Å². The lowest BCUT2D eigenvalue weighted by atomic mass is 9.79. The molecule has 0 bridgehead atoms. The first kappa shape index (κ1) is 22.8. The van der Waals surface area contributed by atoms with Crippen molar-refractivity contribution in [2.45, 2.75) is 44.6 Å². The molecule has 2 amide bonds. The number of benzene rings is 2. The molecule has 2 aromatic rings. The van der Waals surface area contributed by atoms with Crippen LogP contribution in [0.3, 0.4) is 0 Å². The Balaban J connectivity index is 1.22. The fourth-order valence-corrected chi connectivity index (χ4v) is 4.79. The quantitative estimate of drug-likeness (QED) is 0.537. The van der Waals surface area contributed by atoms with E-state index < -0.39 is 18.0 Å². The summed E-state index contributed by atoms with van der Waals surface area (Å²) in [6.07, 6.45) is 1.87. The van der Waals surface area contributed by atoms with Gasteiger partial charge < -0.3 is 20.5 Å². The van der Waals surface area contributed by atoms with Crippen molar-refractivity contribution in [3.8, 4) is 11.1 Å². The lowest BCUT2D eigenvalue weighted by molar-refractivity contribution is -0.142. The number of hydrogen-bond donors (Lipinski definition) is 3. The van der Waals surface area contributed by atoms with Crippen molar-refractivity contribution in [3.63, 3.8) is 0 Å². The number of hydrogen-bond acceptors (Lipinski definition) is 4. The van der Waals surface area contributed by atoms with Crippen LogP contribution in [-0.2, 0) is 14.3 Å². The molecule has 7 nitrogen and oxygen atoms in total. The van der Waals surface area contributed by atoms with Gasteiger partial charge in [-0.1, -0.05) is 61.9 Å². The molecule has 0 radical (unpaired) electrons. The van der Waals surface area contributed by atoms with Crippen molar-refractivity contribution >= 4 is 18.0 Å². The van der Waals surface area contributed by atoms with Crippen LogP contribution >= 0.6 is 0 Å². The second kappa shape index (κ2) is 10.1. The molecule has 174 valence electrons. The molecule has 7 heteroatoms. The van der Waals surface area contributed by atoms with Crippen LogP contribution in [0.5, 0.6) is 0 Å². The van der Waals surface area contributed by atoms with E-state index in [2.05, 4.69) is 34.9 Å². The van der Waals surface area contributed by atoms with E-state index in [9.17, 15) is 19.5 Å². The zero-order chi connectivity index (χ0) is 23.4. The van der Waals surface area contributed by atoms with Gasteiger partial charge in [-0.2, -0.15) is 0 Å². The van der Waals surface area contributed by atoms with Gasteiger partial charge in [0.1, 0.15) is 6.61 Å². The van der Waals surface area contributed by atoms with Gasteiger partial charge in [-0.05, 0) is 41.5 Å². The molecule has 0 aliphatic heterocycles. The van der Waals surface area contributed by atoms with Crippen LogP contribution in [0.25, 0.3) is 11.1 Å². The van der Waals surface area contributed by atoms with Gasteiger partial charge in [0.15, 0.2) is 0 Å². The zero-order valence-corrected chi connectivity index (χ0v) is 18.8. The molecule has 1 unspecified atom stereocenters. The minimum Gasteiger partial charge on any atom is -0.481 e. The summed E-state index contributed by atoms with van der Waals surface area (Å²) in [6, 6.07) is 16.3. The number of carbonyl (C=O) groups excluding carboxylic acids is 2. The van der Waals surface area contributed by atoms with Gasteiger partial charge in [0.2, 0.25) is 5.91 Å². The minimum atomic E-state index is -0.888. The third-order valence-corrected chi connectivity index (χ3v) is 6.68. The highest BCUT2D eigenvalue weighted by Crippen LogP contribution is 2.44. The fraction of sp³-hybridized carbons (Fsp3) is 0.423. The van der Waals surface area contributed by atoms with E-state index in [0.29, 0.717) is 19.3 Å². The maximum atomic E-state index is 12.4. The summed E-state index contributed by atoms with van der Waals surface area (Å²) in [5.41, 5.74) is 4.68. The summed E-state index contributed by atoms with van der Waals surface area (Å²) in [7, 11) is 0. The Labute approximate surface area is 193 Å². The predicted molar refractivity (Wildman–Crippen MR) is 124 cm³/mol. The average Bonchev–Trinajstić information content (AvgIpc) is 3.10. The van der Waals surface area contributed by atoms with Gasteiger partial charge in [-0.3, -0.25) is 9.59 Å². The van der Waals surface area contributed by atoms with Crippen molar-refractivity contribution in [1.29, 1.82) is 0 Å². The summed E-state index contributed by atoms with van der Waals surface area (Å²) in [5.74, 6) is -1.80. The van der Waals surface area contributed by atoms with E-state index >= 15 is 0 Å². The molecule has 2 aliphatic rings. The number of ether oxygens (including phenoxy) is 1. The molecule has 4 rings (SSSR count). The highest BCUT2D eigenvalue weighted by atomic mass is 16.5. The van der Waals surface area contributed by atoms with Crippen molar-refractivity contribution in [2.24, 2.45) is 11.8 Å². The van der Waals surface area contributed by atoms with Crippen LogP contribution in [-0.4, -0.2) is 42.3 Å². The Bertz CT molecular complexity index is 985. The van der Waals surface area contributed by atoms with Crippen LogP contribution in [0.1, 0.15) is 49.7 Å². The standard InChI is InChI=1S/C26H30N2O5/c1-2-7-16(25(30)31)14-27-24(29)17-12-18(13-17)28-26(32)33-15-23-21-10-5-3-8-19(21)20-9-4-6-11-22(20)23/h3-6,8-11,16-18,23H,2,7,12-15H2,1H3,(H,27,29)(H,28,32)(H,30,31). The summed E-state index contributed by atoms with van der Waals surface area (Å²) < 4.78 is 5.56. The monoisotopic (exact) mass is 450 g/mol. The number of aliphatic carboxylic acids is 1. The number of alkyl carbamates (subject to hydrolysis) is 1. The van der Waals surface area contributed by atoms with E-state index in [1.54, 1.807) is 0 Å². The van der Waals surface area contributed by atoms with Crippen LogP contribution in [0.15, 0.2) is 48.5 Å². The number of carboxylic acid groups (broad SMARTS) is 1. The lowest BCUT2D eigenvalue weighted by Crippen LogP contribution is -2.50. The smallest absolute Gasteiger partial charge is 0.407 e. The maximum Gasteiger partial charge on any atom is 0.407 e. The fourth-order valence-electron chi connectivity index (χ4n) is 4.79. The summed E-state index contributed by atoms with van der Waals surface area (Å²) in [5, 5.41) is 14.8. The summed E-state index contributed by atoms with van der Waals surface area (Å²) in [6.45, 7) is 2.32. The van der Waals surface area contributed by atoms with Crippen LogP contribution < -0.4 is 10.6 Å². The number of rotatable bonds is 9. The molecule has 1 saturated carbocycles. The van der Waals surface area contributed by atoms with Gasteiger partial charge in [0.25, 0.3) is 0 Å². The van der Waals surface area contributed by atoms with Gasteiger partial charge >= 0.3 is 12.1 Å². The number of fused-ring (bicyclic) bond motifs is 3. The Morgan fingerprint density at radius 1 is 1.03 bits per heavy atom. The van der Waals surface area contributed by atoms with E-state index in [1.165, 1.54) is 11.1 Å². The second-order valence-electron chi connectivity index (χ2n) is 8.90. The normalized spacial score (nSPS) is 19.5. The van der Waals surface area contributed by atoms with E-state index in [0.717, 1.165) is 17.5 Å². The van der Waals surface area contributed by atoms with Crippen molar-refractivity contribution in [1.82, 2.24) is 10.6 Å². The number of carbonyl (C=O) groups is 3. The van der Waals surface area contributed by atoms with E-state index in [-0.39, 0.29) is 36.9 Å². The third kappa shape index (κ3) is 5.02. The molecule has 0 spiro atoms. The third-order valence-electron chi connectivity index (χ3n) is 6.68. The average molecular weight is 451 g/mol. The predicted octanol–water partition coefficient (Wildman–Crippen LogP) is 3.92. The second-order valence-corrected chi connectivity index (χ2v) is 8.90. The Morgan fingerprint density at radius 3 is 2.21 bits per heavy atom. The molecule has 1 fully saturated rings. The molecular formula is C26H30N2O5. The number of nitrogens with one attached hydrogen (secondary N) is 2. The zero-order valence-electron chi connectivity index (χ0n) is 18.8. The van der Waals surface area contributed by atoms with Gasteiger partial charge in [0.05, 0.1) is 5.92 Å². The molecular weight excluding hydrogens is 420 g/mol. The van der Waals surface area contributed by atoms with Crippen molar-refractivity contribution < 1.29 is 24.2 Å². The molecule has 0 heterocycles. The highest BCUT2D eigenvalue weighted by molar-refractivity contribution is 5.81. The molecule has 0 aromatic heterocycles. The van der Waals surface area contributed by atoms with Crippen LogP contribution in [0.4, 0.5) is 4.79 Å². The van der Waals surface area contributed by atoms with E-state index in [4.69, 9.17) is 4.74 Å². The summed E-state index contributed by atoms with van der Waals surface area (Å²) in [4.78, 5) is 35.8. The van der Waals surface area contributed by atoms with Crippen molar-refractivity contribution in [3.05, 3.63) is 59.7 Å². The largest absolute Gasteiger partial charge is 0.481 e. The number of amides is 2. The van der Waals surface area contributed by atoms with E-state index in [1.807, 2.05) is 31.2 Å². The highest BCUT2D eigenvalue weighted by Gasteiger charge is 2.36. The minimum absolute atomic E-state index is 0.00775. The molecule has 1 atom stereocenters. The number of carboxylic acids is 1. The lowest BCUT2D eigenvalue weighted by Gasteiger charge is -2.34. The summed E-state index contributed by atoms with van der Waals surface area (Å²) >= 11 is 0. The molecule has 2 aliphatic carbocycles. The van der Waals surface area contributed by atoms with Gasteiger partial charge in [0, 0.05) is 24.4 Å². The maximum absolute atomic E-state index is 12.4. The molecule has 3 N–H and O–H groups in total. The molecule has 0 saturated heterocycles. The van der Waals surface area contributed by atoms with Gasteiger partial charge in [-0.15, -0.1) is 0 Å². The Hall–Kier alpha value is -3.35.